The van der Waals surface area contributed by atoms with Crippen molar-refractivity contribution in [3.8, 4) is 0 Å². The lowest BCUT2D eigenvalue weighted by Crippen LogP contribution is -2.52. The summed E-state index contributed by atoms with van der Waals surface area (Å²) in [5, 5.41) is 12.1. The number of nitrogens with one attached hydrogen (secondary N) is 1. The maximum absolute atomic E-state index is 11.0. The number of benzene rings is 1. The van der Waals surface area contributed by atoms with Gasteiger partial charge >= 0.3 is 5.97 Å². The maximum atomic E-state index is 11.0. The summed E-state index contributed by atoms with van der Waals surface area (Å²) in [5.74, 6) is -0.857. The lowest BCUT2D eigenvalue weighted by Gasteiger charge is -2.33. The van der Waals surface area contributed by atoms with Crippen LogP contribution in [-0.2, 0) is 16.0 Å². The van der Waals surface area contributed by atoms with Gasteiger partial charge in [0.1, 0.15) is 6.04 Å². The fraction of sp³-hybridized carbons (Fsp3) is 0.533. The Bertz CT molecular complexity index is 430. The summed E-state index contributed by atoms with van der Waals surface area (Å²) < 4.78 is 5.80. The molecule has 4 nitrogen and oxygen atoms in total. The largest absolute Gasteiger partial charge is 0.480 e. The lowest BCUT2D eigenvalue weighted by atomic mass is 10.0. The van der Waals surface area contributed by atoms with E-state index in [1.165, 1.54) is 5.56 Å². The highest BCUT2D eigenvalue weighted by Crippen LogP contribution is 2.24. The monoisotopic (exact) mass is 263 g/mol. The van der Waals surface area contributed by atoms with Gasteiger partial charge < -0.3 is 9.84 Å². The van der Waals surface area contributed by atoms with Gasteiger partial charge in [0.15, 0.2) is 0 Å². The fourth-order valence-corrected chi connectivity index (χ4v) is 2.46. The van der Waals surface area contributed by atoms with Gasteiger partial charge in [0.25, 0.3) is 0 Å². The summed E-state index contributed by atoms with van der Waals surface area (Å²) in [7, 11) is 0. The molecule has 1 heterocycles. The Morgan fingerprint density at radius 1 is 1.42 bits per heavy atom. The second-order valence-electron chi connectivity index (χ2n) is 5.05. The molecule has 1 aliphatic heterocycles. The van der Waals surface area contributed by atoms with Crippen LogP contribution in [0.3, 0.4) is 0 Å². The van der Waals surface area contributed by atoms with E-state index < -0.39 is 12.0 Å². The minimum Gasteiger partial charge on any atom is -0.480 e. The molecular formula is C15H21NO3. The predicted octanol–water partition coefficient (Wildman–Crippen LogP) is 2.14. The number of carboxylic acid groups (broad SMARTS) is 1. The average molecular weight is 263 g/mol. The first-order chi connectivity index (χ1) is 9.11. The quantitative estimate of drug-likeness (QED) is 0.874. The normalized spacial score (nSPS) is 27.2. The van der Waals surface area contributed by atoms with E-state index in [4.69, 9.17) is 9.84 Å². The van der Waals surface area contributed by atoms with Crippen molar-refractivity contribution in [1.29, 1.82) is 0 Å². The molecule has 3 unspecified atom stereocenters. The van der Waals surface area contributed by atoms with Crippen LogP contribution in [0, 0.1) is 0 Å². The Balaban J connectivity index is 2.01. The van der Waals surface area contributed by atoms with Gasteiger partial charge in [0, 0.05) is 6.54 Å². The molecule has 1 aliphatic rings. The van der Waals surface area contributed by atoms with E-state index in [2.05, 4.69) is 36.5 Å². The second-order valence-corrected chi connectivity index (χ2v) is 5.05. The van der Waals surface area contributed by atoms with Gasteiger partial charge in [-0.1, -0.05) is 37.6 Å². The first-order valence-electron chi connectivity index (χ1n) is 6.82. The Hall–Kier alpha value is -1.39. The van der Waals surface area contributed by atoms with Crippen molar-refractivity contribution >= 4 is 5.97 Å². The molecule has 0 bridgehead atoms. The summed E-state index contributed by atoms with van der Waals surface area (Å²) in [5.41, 5.74) is 2.43. The van der Waals surface area contributed by atoms with E-state index in [0.29, 0.717) is 6.54 Å². The highest BCUT2D eigenvalue weighted by atomic mass is 16.5. The Morgan fingerprint density at radius 2 is 2.11 bits per heavy atom. The second kappa shape index (κ2) is 6.17. The number of rotatable bonds is 4. The molecule has 1 aromatic carbocycles. The number of ether oxygens (including phenoxy) is 1. The molecule has 1 saturated heterocycles. The third-order valence-electron chi connectivity index (χ3n) is 3.53. The zero-order valence-corrected chi connectivity index (χ0v) is 11.4. The van der Waals surface area contributed by atoms with Crippen LogP contribution in [0.25, 0.3) is 0 Å². The molecular weight excluding hydrogens is 242 g/mol. The molecule has 1 aromatic rings. The van der Waals surface area contributed by atoms with Crippen molar-refractivity contribution in [3.05, 3.63) is 35.4 Å². The molecule has 0 aromatic heterocycles. The van der Waals surface area contributed by atoms with Crippen LogP contribution in [0.15, 0.2) is 24.3 Å². The molecule has 1 fully saturated rings. The van der Waals surface area contributed by atoms with Crippen molar-refractivity contribution < 1.29 is 14.6 Å². The van der Waals surface area contributed by atoms with Crippen LogP contribution in [0.2, 0.25) is 0 Å². The lowest BCUT2D eigenvalue weighted by molar-refractivity contribution is -0.149. The molecule has 0 radical (unpaired) electrons. The summed E-state index contributed by atoms with van der Waals surface area (Å²) in [6, 6.07) is 7.78. The molecule has 19 heavy (non-hydrogen) atoms. The summed E-state index contributed by atoms with van der Waals surface area (Å²) in [6.45, 7) is 4.49. The first kappa shape index (κ1) is 14.0. The maximum Gasteiger partial charge on any atom is 0.323 e. The summed E-state index contributed by atoms with van der Waals surface area (Å²) >= 11 is 0. The number of hydrogen-bond donors (Lipinski definition) is 2. The van der Waals surface area contributed by atoms with Crippen LogP contribution >= 0.6 is 0 Å². The SMILES string of the molecule is CCCc1ccc(C2CNC(C(=O)O)C(C)O2)cc1. The van der Waals surface area contributed by atoms with Crippen LogP contribution < -0.4 is 5.32 Å². The number of carbonyl (C=O) groups is 1. The average Bonchev–Trinajstić information content (AvgIpc) is 2.39. The molecule has 0 aliphatic carbocycles. The number of aryl methyl sites for hydroxylation is 1. The van der Waals surface area contributed by atoms with E-state index >= 15 is 0 Å². The Morgan fingerprint density at radius 3 is 2.63 bits per heavy atom. The van der Waals surface area contributed by atoms with Crippen LogP contribution in [0.1, 0.15) is 37.5 Å². The third-order valence-corrected chi connectivity index (χ3v) is 3.53. The molecule has 0 spiro atoms. The molecule has 104 valence electrons. The fourth-order valence-electron chi connectivity index (χ4n) is 2.46. The zero-order valence-electron chi connectivity index (χ0n) is 11.4. The van der Waals surface area contributed by atoms with Crippen LogP contribution in [-0.4, -0.2) is 29.8 Å². The van der Waals surface area contributed by atoms with E-state index in [9.17, 15) is 4.79 Å². The van der Waals surface area contributed by atoms with Crippen molar-refractivity contribution in [1.82, 2.24) is 5.32 Å². The van der Waals surface area contributed by atoms with Crippen molar-refractivity contribution in [2.24, 2.45) is 0 Å². The molecule has 4 heteroatoms. The molecule has 2 rings (SSSR count). The molecule has 0 saturated carbocycles. The predicted molar refractivity (Wildman–Crippen MR) is 73.2 cm³/mol. The van der Waals surface area contributed by atoms with Gasteiger partial charge in [-0.25, -0.2) is 0 Å². The van der Waals surface area contributed by atoms with Crippen molar-refractivity contribution in [2.75, 3.05) is 6.54 Å². The molecule has 2 N–H and O–H groups in total. The van der Waals surface area contributed by atoms with Gasteiger partial charge in [-0.05, 0) is 24.5 Å². The zero-order chi connectivity index (χ0) is 13.8. The van der Waals surface area contributed by atoms with E-state index in [0.717, 1.165) is 18.4 Å². The van der Waals surface area contributed by atoms with E-state index in [1.807, 2.05) is 0 Å². The van der Waals surface area contributed by atoms with Crippen LogP contribution in [0.4, 0.5) is 0 Å². The van der Waals surface area contributed by atoms with Gasteiger partial charge in [-0.15, -0.1) is 0 Å². The highest BCUT2D eigenvalue weighted by molar-refractivity contribution is 5.74. The van der Waals surface area contributed by atoms with Gasteiger partial charge in [-0.2, -0.15) is 0 Å². The first-order valence-corrected chi connectivity index (χ1v) is 6.82. The molecule has 3 atom stereocenters. The van der Waals surface area contributed by atoms with Crippen molar-refractivity contribution in [2.45, 2.75) is 44.9 Å². The topological polar surface area (TPSA) is 58.6 Å². The van der Waals surface area contributed by atoms with Gasteiger partial charge in [0.2, 0.25) is 0 Å². The number of aliphatic carboxylic acids is 1. The van der Waals surface area contributed by atoms with Gasteiger partial charge in [-0.3, -0.25) is 10.1 Å². The minimum atomic E-state index is -0.857. The van der Waals surface area contributed by atoms with Crippen molar-refractivity contribution in [3.63, 3.8) is 0 Å². The smallest absolute Gasteiger partial charge is 0.323 e. The number of carboxylic acids is 1. The van der Waals surface area contributed by atoms with Crippen LogP contribution in [0.5, 0.6) is 0 Å². The Kier molecular flexibility index (Phi) is 4.56. The van der Waals surface area contributed by atoms with E-state index in [1.54, 1.807) is 6.92 Å². The van der Waals surface area contributed by atoms with Gasteiger partial charge in [0.05, 0.1) is 12.2 Å². The summed E-state index contributed by atoms with van der Waals surface area (Å²) in [4.78, 5) is 11.0. The minimum absolute atomic E-state index is 0.0683. The number of morpholine rings is 1. The number of hydrogen-bond acceptors (Lipinski definition) is 3. The van der Waals surface area contributed by atoms with E-state index in [-0.39, 0.29) is 12.2 Å². The third kappa shape index (κ3) is 3.33. The standard InChI is InChI=1S/C15H21NO3/c1-3-4-11-5-7-12(8-6-11)13-9-16-14(15(17)18)10(2)19-13/h5-8,10,13-14,16H,3-4,9H2,1-2H3,(H,17,18). The Labute approximate surface area is 113 Å². The summed E-state index contributed by atoms with van der Waals surface area (Å²) in [6.07, 6.45) is 1.83. The molecule has 0 amide bonds. The highest BCUT2D eigenvalue weighted by Gasteiger charge is 2.33.